The van der Waals surface area contributed by atoms with E-state index in [-0.39, 0.29) is 5.75 Å². The molecule has 0 fully saturated rings. The van der Waals surface area contributed by atoms with E-state index in [2.05, 4.69) is 22.6 Å². The van der Waals surface area contributed by atoms with Crippen molar-refractivity contribution < 1.29 is 14.3 Å². The Hall–Kier alpha value is -2.07. The predicted molar refractivity (Wildman–Crippen MR) is 81.8 cm³/mol. The maximum atomic E-state index is 12.0. The van der Waals surface area contributed by atoms with Crippen LogP contribution in [0.1, 0.15) is 15.9 Å². The zero-order valence-electron chi connectivity index (χ0n) is 10.6. The van der Waals surface area contributed by atoms with Gasteiger partial charge in [-0.1, -0.05) is 6.07 Å². The van der Waals surface area contributed by atoms with E-state index >= 15 is 0 Å². The van der Waals surface area contributed by atoms with Gasteiger partial charge in [-0.3, -0.25) is 0 Å². The van der Waals surface area contributed by atoms with Gasteiger partial charge in [-0.25, -0.2) is 4.79 Å². The van der Waals surface area contributed by atoms with Gasteiger partial charge in [0.2, 0.25) is 0 Å². The van der Waals surface area contributed by atoms with Gasteiger partial charge in [-0.05, 0) is 52.9 Å². The van der Waals surface area contributed by atoms with Crippen molar-refractivity contribution in [1.29, 1.82) is 5.26 Å². The van der Waals surface area contributed by atoms with E-state index in [0.717, 1.165) is 3.57 Å². The van der Waals surface area contributed by atoms with Crippen LogP contribution in [0.15, 0.2) is 42.5 Å². The molecule has 0 amide bonds. The number of benzene rings is 2. The molecule has 100 valence electrons. The summed E-state index contributed by atoms with van der Waals surface area (Å²) in [5.74, 6) is 0.171. The van der Waals surface area contributed by atoms with Crippen molar-refractivity contribution in [2.45, 2.75) is 0 Å². The standard InChI is InChI=1S/C15H10INO3/c1-19-14-7-10(9-17)5-6-13(14)20-15(18)11-3-2-4-12(16)8-11/h2-8H,1H3. The van der Waals surface area contributed by atoms with Crippen molar-refractivity contribution in [1.82, 2.24) is 0 Å². The lowest BCUT2D eigenvalue weighted by molar-refractivity contribution is 0.0729. The molecule has 0 unspecified atom stereocenters. The van der Waals surface area contributed by atoms with E-state index < -0.39 is 5.97 Å². The topological polar surface area (TPSA) is 59.3 Å². The van der Waals surface area contributed by atoms with Crippen LogP contribution in [0.5, 0.6) is 11.5 Å². The van der Waals surface area contributed by atoms with Crippen LogP contribution < -0.4 is 9.47 Å². The summed E-state index contributed by atoms with van der Waals surface area (Å²) in [6, 6.07) is 13.7. The maximum Gasteiger partial charge on any atom is 0.343 e. The van der Waals surface area contributed by atoms with Crippen molar-refractivity contribution >= 4 is 28.6 Å². The van der Waals surface area contributed by atoms with Crippen LogP contribution in [0, 0.1) is 14.9 Å². The predicted octanol–water partition coefficient (Wildman–Crippen LogP) is 3.39. The lowest BCUT2D eigenvalue weighted by atomic mass is 10.2. The minimum atomic E-state index is -0.466. The maximum absolute atomic E-state index is 12.0. The normalized spacial score (nSPS) is 9.65. The van der Waals surface area contributed by atoms with Crippen LogP contribution in [0.25, 0.3) is 0 Å². The van der Waals surface area contributed by atoms with Crippen LogP contribution in [-0.4, -0.2) is 13.1 Å². The number of hydrogen-bond donors (Lipinski definition) is 0. The zero-order chi connectivity index (χ0) is 14.5. The summed E-state index contributed by atoms with van der Waals surface area (Å²) >= 11 is 2.12. The fourth-order valence-corrected chi connectivity index (χ4v) is 2.14. The molecular weight excluding hydrogens is 369 g/mol. The van der Waals surface area contributed by atoms with Crippen molar-refractivity contribution in [3.05, 3.63) is 57.2 Å². The third kappa shape index (κ3) is 3.27. The Morgan fingerprint density at radius 1 is 1.20 bits per heavy atom. The fourth-order valence-electron chi connectivity index (χ4n) is 1.60. The number of esters is 1. The fraction of sp³-hybridized carbons (Fsp3) is 0.0667. The number of carbonyl (C=O) groups is 1. The van der Waals surface area contributed by atoms with E-state index in [0.29, 0.717) is 16.9 Å². The Kier molecular flexibility index (Phi) is 4.58. The molecule has 0 heterocycles. The van der Waals surface area contributed by atoms with Gasteiger partial charge < -0.3 is 9.47 Å². The van der Waals surface area contributed by atoms with Crippen LogP contribution in [0.4, 0.5) is 0 Å². The van der Waals surface area contributed by atoms with Crippen molar-refractivity contribution in [3.63, 3.8) is 0 Å². The Balaban J connectivity index is 2.26. The van der Waals surface area contributed by atoms with Crippen LogP contribution in [-0.2, 0) is 0 Å². The summed E-state index contributed by atoms with van der Waals surface area (Å²) in [4.78, 5) is 12.0. The molecule has 2 aromatic carbocycles. The minimum absolute atomic E-state index is 0.287. The number of hydrogen-bond acceptors (Lipinski definition) is 4. The first-order chi connectivity index (χ1) is 9.63. The van der Waals surface area contributed by atoms with Gasteiger partial charge in [0.25, 0.3) is 0 Å². The van der Waals surface area contributed by atoms with Gasteiger partial charge in [0.1, 0.15) is 0 Å². The van der Waals surface area contributed by atoms with E-state index in [1.165, 1.54) is 13.2 Å². The third-order valence-electron chi connectivity index (χ3n) is 2.56. The lowest BCUT2D eigenvalue weighted by Gasteiger charge is -2.09. The van der Waals surface area contributed by atoms with E-state index in [1.807, 2.05) is 12.1 Å². The number of methoxy groups -OCH3 is 1. The number of nitriles is 1. The largest absolute Gasteiger partial charge is 0.493 e. The molecule has 0 radical (unpaired) electrons. The number of halogens is 1. The average Bonchev–Trinajstić information content (AvgIpc) is 2.47. The van der Waals surface area contributed by atoms with E-state index in [1.54, 1.807) is 30.3 Å². The lowest BCUT2D eigenvalue weighted by Crippen LogP contribution is -2.09. The van der Waals surface area contributed by atoms with Gasteiger partial charge in [0.05, 0.1) is 24.3 Å². The van der Waals surface area contributed by atoms with Crippen molar-refractivity contribution in [3.8, 4) is 17.6 Å². The third-order valence-corrected chi connectivity index (χ3v) is 3.23. The molecule has 0 aliphatic heterocycles. The highest BCUT2D eigenvalue weighted by molar-refractivity contribution is 14.1. The highest BCUT2D eigenvalue weighted by atomic mass is 127. The summed E-state index contributed by atoms with van der Waals surface area (Å²) < 4.78 is 11.4. The molecule has 0 saturated heterocycles. The number of nitrogens with zero attached hydrogens (tertiary/aromatic N) is 1. The van der Waals surface area contributed by atoms with Gasteiger partial charge in [-0.15, -0.1) is 0 Å². The molecule has 20 heavy (non-hydrogen) atoms. The first-order valence-electron chi connectivity index (χ1n) is 5.70. The Bertz CT molecular complexity index is 692. The zero-order valence-corrected chi connectivity index (χ0v) is 12.7. The van der Waals surface area contributed by atoms with Crippen LogP contribution >= 0.6 is 22.6 Å². The first-order valence-corrected chi connectivity index (χ1v) is 6.78. The second kappa shape index (κ2) is 6.39. The molecule has 0 bridgehead atoms. The Morgan fingerprint density at radius 3 is 2.65 bits per heavy atom. The summed E-state index contributed by atoms with van der Waals surface area (Å²) in [5.41, 5.74) is 0.902. The molecule has 0 N–H and O–H groups in total. The molecule has 0 aliphatic carbocycles. The highest BCUT2D eigenvalue weighted by Crippen LogP contribution is 2.28. The van der Waals surface area contributed by atoms with Crippen molar-refractivity contribution in [2.24, 2.45) is 0 Å². The molecule has 0 aromatic heterocycles. The van der Waals surface area contributed by atoms with Gasteiger partial charge in [0.15, 0.2) is 11.5 Å². The molecule has 0 aliphatic rings. The average molecular weight is 379 g/mol. The van der Waals surface area contributed by atoms with Crippen LogP contribution in [0.3, 0.4) is 0 Å². The monoisotopic (exact) mass is 379 g/mol. The minimum Gasteiger partial charge on any atom is -0.493 e. The molecule has 2 aromatic rings. The van der Waals surface area contributed by atoms with Gasteiger partial charge >= 0.3 is 5.97 Å². The first kappa shape index (κ1) is 14.3. The molecule has 5 heteroatoms. The quantitative estimate of drug-likeness (QED) is 0.466. The van der Waals surface area contributed by atoms with Gasteiger partial charge in [0, 0.05) is 9.64 Å². The van der Waals surface area contributed by atoms with Gasteiger partial charge in [-0.2, -0.15) is 5.26 Å². The molecule has 4 nitrogen and oxygen atoms in total. The molecule has 0 saturated carbocycles. The number of ether oxygens (including phenoxy) is 2. The summed E-state index contributed by atoms with van der Waals surface area (Å²) in [7, 11) is 1.46. The number of carbonyl (C=O) groups excluding carboxylic acids is 1. The Morgan fingerprint density at radius 2 is 2.00 bits per heavy atom. The van der Waals surface area contributed by atoms with Crippen LogP contribution in [0.2, 0.25) is 0 Å². The Labute approximate surface area is 130 Å². The van der Waals surface area contributed by atoms with E-state index in [9.17, 15) is 4.79 Å². The smallest absolute Gasteiger partial charge is 0.343 e. The molecule has 0 spiro atoms. The van der Waals surface area contributed by atoms with E-state index in [4.69, 9.17) is 14.7 Å². The second-order valence-corrected chi connectivity index (χ2v) is 5.12. The second-order valence-electron chi connectivity index (χ2n) is 3.88. The molecule has 0 atom stereocenters. The summed E-state index contributed by atoms with van der Waals surface area (Å²) in [6.07, 6.45) is 0. The van der Waals surface area contributed by atoms with Crippen molar-refractivity contribution in [2.75, 3.05) is 7.11 Å². The molecule has 2 rings (SSSR count). The highest BCUT2D eigenvalue weighted by Gasteiger charge is 2.13. The summed E-state index contributed by atoms with van der Waals surface area (Å²) in [6.45, 7) is 0. The molecular formula is C15H10INO3. The number of rotatable bonds is 3. The summed E-state index contributed by atoms with van der Waals surface area (Å²) in [5, 5.41) is 8.82. The SMILES string of the molecule is COc1cc(C#N)ccc1OC(=O)c1cccc(I)c1.